The van der Waals surface area contributed by atoms with Gasteiger partial charge in [-0.2, -0.15) is 0 Å². The summed E-state index contributed by atoms with van der Waals surface area (Å²) in [7, 11) is 0. The maximum absolute atomic E-state index is 13.3. The summed E-state index contributed by atoms with van der Waals surface area (Å²) in [5.74, 6) is 1.20. The van der Waals surface area contributed by atoms with E-state index in [2.05, 4.69) is 13.8 Å². The number of fused-ring (bicyclic) bond motifs is 1. The lowest BCUT2D eigenvalue weighted by molar-refractivity contribution is -0.132. The van der Waals surface area contributed by atoms with Crippen LogP contribution < -0.4 is 5.56 Å². The molecule has 1 fully saturated rings. The SMILES string of the molecule is CCn1c(S[C@H](C)C(=O)N2C[C@H](C)C[C@@H](C)C2)nc2scc(-c3cccs3)c2c1=O. The highest BCUT2D eigenvalue weighted by Crippen LogP contribution is 2.35. The molecule has 1 aliphatic rings. The Bertz CT molecular complexity index is 1090. The molecule has 4 rings (SSSR count). The summed E-state index contributed by atoms with van der Waals surface area (Å²) in [5, 5.41) is 5.08. The number of thiophene rings is 2. The van der Waals surface area contributed by atoms with E-state index in [1.807, 2.05) is 41.6 Å². The zero-order valence-corrected chi connectivity index (χ0v) is 20.2. The van der Waals surface area contributed by atoms with Crippen LogP contribution in [0.2, 0.25) is 0 Å². The van der Waals surface area contributed by atoms with Crippen molar-refractivity contribution in [1.29, 1.82) is 0 Å². The van der Waals surface area contributed by atoms with E-state index in [0.717, 1.165) is 28.4 Å². The molecular formula is C22H27N3O2S3. The van der Waals surface area contributed by atoms with Gasteiger partial charge in [-0.15, -0.1) is 22.7 Å². The van der Waals surface area contributed by atoms with Crippen molar-refractivity contribution in [2.45, 2.75) is 51.1 Å². The minimum Gasteiger partial charge on any atom is -0.341 e. The second kappa shape index (κ2) is 8.85. The maximum atomic E-state index is 13.3. The van der Waals surface area contributed by atoms with Crippen molar-refractivity contribution in [2.75, 3.05) is 13.1 Å². The minimum atomic E-state index is -0.277. The topological polar surface area (TPSA) is 55.2 Å². The molecular weight excluding hydrogens is 434 g/mol. The predicted molar refractivity (Wildman–Crippen MR) is 128 cm³/mol. The summed E-state index contributed by atoms with van der Waals surface area (Å²) in [5.41, 5.74) is 0.941. The van der Waals surface area contributed by atoms with Crippen molar-refractivity contribution in [3.05, 3.63) is 33.2 Å². The molecule has 3 aromatic heterocycles. The minimum absolute atomic E-state index is 0.0190. The molecule has 3 aromatic rings. The molecule has 0 aliphatic carbocycles. The molecule has 0 spiro atoms. The second-order valence-electron chi connectivity index (χ2n) is 8.20. The van der Waals surface area contributed by atoms with Crippen molar-refractivity contribution in [2.24, 2.45) is 11.8 Å². The number of hydrogen-bond donors (Lipinski definition) is 0. The maximum Gasteiger partial charge on any atom is 0.263 e. The van der Waals surface area contributed by atoms with Crippen LogP contribution in [0, 0.1) is 11.8 Å². The fourth-order valence-electron chi connectivity index (χ4n) is 4.30. The van der Waals surface area contributed by atoms with Gasteiger partial charge in [0.15, 0.2) is 5.16 Å². The van der Waals surface area contributed by atoms with Gasteiger partial charge in [0, 0.05) is 35.5 Å². The van der Waals surface area contributed by atoms with Gasteiger partial charge in [-0.05, 0) is 43.6 Å². The third-order valence-electron chi connectivity index (χ3n) is 5.57. The Morgan fingerprint density at radius 3 is 2.67 bits per heavy atom. The molecule has 1 amide bonds. The van der Waals surface area contributed by atoms with E-state index < -0.39 is 0 Å². The average molecular weight is 462 g/mol. The molecule has 0 aromatic carbocycles. The monoisotopic (exact) mass is 461 g/mol. The van der Waals surface area contributed by atoms with Gasteiger partial charge in [-0.25, -0.2) is 4.98 Å². The number of carbonyl (C=O) groups is 1. The van der Waals surface area contributed by atoms with Crippen molar-refractivity contribution >= 4 is 50.6 Å². The summed E-state index contributed by atoms with van der Waals surface area (Å²) in [4.78, 5) is 35.0. The number of likely N-dealkylation sites (tertiary alicyclic amines) is 1. The Morgan fingerprint density at radius 1 is 1.30 bits per heavy atom. The first-order valence-corrected chi connectivity index (χ1v) is 13.0. The number of piperidine rings is 1. The van der Waals surface area contributed by atoms with Gasteiger partial charge in [0.05, 0.1) is 10.6 Å². The molecule has 160 valence electrons. The van der Waals surface area contributed by atoms with Crippen molar-refractivity contribution in [1.82, 2.24) is 14.5 Å². The highest BCUT2D eigenvalue weighted by atomic mass is 32.2. The molecule has 5 nitrogen and oxygen atoms in total. The molecule has 0 radical (unpaired) electrons. The molecule has 1 saturated heterocycles. The van der Waals surface area contributed by atoms with Crippen LogP contribution >= 0.6 is 34.4 Å². The fraction of sp³-hybridized carbons (Fsp3) is 0.500. The number of amides is 1. The van der Waals surface area contributed by atoms with Crippen LogP contribution in [0.4, 0.5) is 0 Å². The summed E-state index contributed by atoms with van der Waals surface area (Å²) >= 11 is 4.53. The highest BCUT2D eigenvalue weighted by Gasteiger charge is 2.29. The number of nitrogens with zero attached hydrogens (tertiary/aromatic N) is 3. The first kappa shape index (κ1) is 21.6. The molecule has 30 heavy (non-hydrogen) atoms. The summed E-state index contributed by atoms with van der Waals surface area (Å²) in [6, 6.07) is 4.03. The number of hydrogen-bond acceptors (Lipinski definition) is 6. The molecule has 1 aliphatic heterocycles. The van der Waals surface area contributed by atoms with Crippen LogP contribution in [-0.2, 0) is 11.3 Å². The van der Waals surface area contributed by atoms with Crippen LogP contribution in [0.15, 0.2) is 32.8 Å². The lowest BCUT2D eigenvalue weighted by Gasteiger charge is -2.36. The number of aromatic nitrogens is 2. The van der Waals surface area contributed by atoms with Gasteiger partial charge in [-0.1, -0.05) is 31.7 Å². The van der Waals surface area contributed by atoms with Crippen LogP contribution in [0.25, 0.3) is 20.7 Å². The Morgan fingerprint density at radius 2 is 2.03 bits per heavy atom. The van der Waals surface area contributed by atoms with Gasteiger partial charge in [0.1, 0.15) is 4.83 Å². The molecule has 0 N–H and O–H groups in total. The van der Waals surface area contributed by atoms with Crippen LogP contribution in [0.5, 0.6) is 0 Å². The Balaban J connectivity index is 1.64. The Kier molecular flexibility index (Phi) is 6.36. The predicted octanol–water partition coefficient (Wildman–Crippen LogP) is 5.19. The summed E-state index contributed by atoms with van der Waals surface area (Å²) in [6.45, 7) is 10.5. The van der Waals surface area contributed by atoms with E-state index in [1.165, 1.54) is 29.5 Å². The standard InChI is InChI=1S/C22H27N3O2S3/c1-5-25-21(27)18-16(17-7-6-8-28-17)12-29-19(18)23-22(25)30-15(4)20(26)24-10-13(2)9-14(3)11-24/h6-8,12-15H,5,9-11H2,1-4H3/t13-,14-,15-/m1/s1. The third-order valence-corrected chi connectivity index (χ3v) is 8.43. The first-order valence-electron chi connectivity index (χ1n) is 10.4. The lowest BCUT2D eigenvalue weighted by Crippen LogP contribution is -2.45. The van der Waals surface area contributed by atoms with Crippen molar-refractivity contribution in [3.8, 4) is 10.4 Å². The van der Waals surface area contributed by atoms with Crippen LogP contribution in [0.3, 0.4) is 0 Å². The summed E-state index contributed by atoms with van der Waals surface area (Å²) < 4.78 is 1.71. The van der Waals surface area contributed by atoms with E-state index in [0.29, 0.717) is 28.9 Å². The van der Waals surface area contributed by atoms with Crippen LogP contribution in [-0.4, -0.2) is 38.7 Å². The van der Waals surface area contributed by atoms with E-state index >= 15 is 0 Å². The van der Waals surface area contributed by atoms with Crippen LogP contribution in [0.1, 0.15) is 34.1 Å². The van der Waals surface area contributed by atoms with Crippen molar-refractivity contribution < 1.29 is 4.79 Å². The lowest BCUT2D eigenvalue weighted by atomic mass is 9.92. The zero-order valence-electron chi connectivity index (χ0n) is 17.8. The van der Waals surface area contributed by atoms with Gasteiger partial charge >= 0.3 is 0 Å². The third kappa shape index (κ3) is 4.09. The Labute approximate surface area is 189 Å². The number of carbonyl (C=O) groups excluding carboxylic acids is 1. The van der Waals surface area contributed by atoms with Gasteiger partial charge in [-0.3, -0.25) is 14.2 Å². The molecule has 4 heterocycles. The molecule has 3 atom stereocenters. The van der Waals surface area contributed by atoms with E-state index in [4.69, 9.17) is 4.98 Å². The first-order chi connectivity index (χ1) is 14.4. The molecule has 8 heteroatoms. The van der Waals surface area contributed by atoms with Gasteiger partial charge in [0.25, 0.3) is 5.56 Å². The van der Waals surface area contributed by atoms with Gasteiger partial charge < -0.3 is 4.90 Å². The van der Waals surface area contributed by atoms with E-state index in [9.17, 15) is 9.59 Å². The Hall–Kier alpha value is -1.64. The van der Waals surface area contributed by atoms with Crippen molar-refractivity contribution in [3.63, 3.8) is 0 Å². The van der Waals surface area contributed by atoms with Gasteiger partial charge in [0.2, 0.25) is 5.91 Å². The molecule has 0 saturated carbocycles. The average Bonchev–Trinajstić information content (AvgIpc) is 3.36. The zero-order chi connectivity index (χ0) is 21.4. The fourth-order valence-corrected chi connectivity index (χ4v) is 7.16. The second-order valence-corrected chi connectivity index (χ2v) is 11.3. The molecule has 0 unspecified atom stereocenters. The largest absolute Gasteiger partial charge is 0.341 e. The van der Waals surface area contributed by atoms with E-state index in [-0.39, 0.29) is 16.7 Å². The number of rotatable bonds is 5. The number of thioether (sulfide) groups is 1. The van der Waals surface area contributed by atoms with E-state index in [1.54, 1.807) is 15.9 Å². The molecule has 0 bridgehead atoms. The highest BCUT2D eigenvalue weighted by molar-refractivity contribution is 8.00. The quantitative estimate of drug-likeness (QED) is 0.387. The smallest absolute Gasteiger partial charge is 0.263 e. The summed E-state index contributed by atoms with van der Waals surface area (Å²) in [6.07, 6.45) is 1.17. The normalized spacial score (nSPS) is 20.6.